The number of aromatic nitrogens is 4. The first-order valence-electron chi connectivity index (χ1n) is 10.9. The number of hydrogen-bond donors (Lipinski definition) is 0. The molecule has 0 atom stereocenters. The summed E-state index contributed by atoms with van der Waals surface area (Å²) in [5.74, 6) is 1.09. The zero-order valence-corrected chi connectivity index (χ0v) is 17.5. The van der Waals surface area contributed by atoms with Crippen LogP contribution < -0.4 is 0 Å². The van der Waals surface area contributed by atoms with Crippen molar-refractivity contribution in [3.63, 3.8) is 0 Å². The Labute approximate surface area is 177 Å². The molecule has 30 heavy (non-hydrogen) atoms. The summed E-state index contributed by atoms with van der Waals surface area (Å²) in [6.45, 7) is 9.15. The van der Waals surface area contributed by atoms with E-state index >= 15 is 0 Å². The van der Waals surface area contributed by atoms with E-state index in [1.807, 2.05) is 15.6 Å². The summed E-state index contributed by atoms with van der Waals surface area (Å²) < 4.78 is 7.22. The molecular weight excluding hydrogens is 382 g/mol. The lowest BCUT2D eigenvalue weighted by Crippen LogP contribution is -2.48. The first kappa shape index (κ1) is 20.9. The van der Waals surface area contributed by atoms with Gasteiger partial charge in [-0.15, -0.1) is 5.10 Å². The molecule has 1 aromatic heterocycles. The number of ether oxygens (including phenoxy) is 1. The highest BCUT2D eigenvalue weighted by atomic mass is 16.5. The van der Waals surface area contributed by atoms with Gasteiger partial charge in [0.2, 0.25) is 5.91 Å². The summed E-state index contributed by atoms with van der Waals surface area (Å²) in [6, 6.07) is 10.5. The van der Waals surface area contributed by atoms with Gasteiger partial charge in [0.1, 0.15) is 0 Å². The van der Waals surface area contributed by atoms with Crippen molar-refractivity contribution >= 4 is 5.91 Å². The number of carbonyl (C=O) groups excluding carboxylic acids is 1. The Kier molecular flexibility index (Phi) is 7.39. The van der Waals surface area contributed by atoms with Crippen molar-refractivity contribution in [3.05, 3.63) is 41.7 Å². The second-order valence-corrected chi connectivity index (χ2v) is 7.95. The van der Waals surface area contributed by atoms with Crippen molar-refractivity contribution < 1.29 is 9.53 Å². The van der Waals surface area contributed by atoms with Crippen molar-refractivity contribution in [3.8, 4) is 0 Å². The van der Waals surface area contributed by atoms with Gasteiger partial charge in [0.05, 0.1) is 19.8 Å². The van der Waals surface area contributed by atoms with Gasteiger partial charge in [-0.1, -0.05) is 30.3 Å². The van der Waals surface area contributed by atoms with Crippen molar-refractivity contribution in [1.82, 2.24) is 34.9 Å². The Morgan fingerprint density at radius 3 is 2.43 bits per heavy atom. The molecule has 2 aromatic rings. The number of benzene rings is 1. The molecule has 0 saturated carbocycles. The molecule has 0 spiro atoms. The van der Waals surface area contributed by atoms with Gasteiger partial charge in [-0.25, -0.2) is 4.68 Å². The summed E-state index contributed by atoms with van der Waals surface area (Å²) in [6.07, 6.45) is 1.29. The van der Waals surface area contributed by atoms with E-state index in [2.05, 4.69) is 49.6 Å². The highest BCUT2D eigenvalue weighted by molar-refractivity contribution is 5.76. The number of nitrogens with zero attached hydrogens (tertiary/aromatic N) is 7. The maximum Gasteiger partial charge on any atom is 0.222 e. The topological polar surface area (TPSA) is 79.6 Å². The van der Waals surface area contributed by atoms with E-state index in [4.69, 9.17) is 4.74 Å². The third kappa shape index (κ3) is 5.84. The average molecular weight is 414 g/mol. The Morgan fingerprint density at radius 1 is 0.933 bits per heavy atom. The quantitative estimate of drug-likeness (QED) is 0.628. The van der Waals surface area contributed by atoms with Crippen LogP contribution in [0.2, 0.25) is 0 Å². The van der Waals surface area contributed by atoms with Crippen LogP contribution in [0.25, 0.3) is 0 Å². The lowest BCUT2D eigenvalue weighted by molar-refractivity contribution is -0.133. The van der Waals surface area contributed by atoms with Crippen LogP contribution in [0.5, 0.6) is 0 Å². The minimum absolute atomic E-state index is 0.233. The Morgan fingerprint density at radius 2 is 1.67 bits per heavy atom. The minimum atomic E-state index is 0.233. The van der Waals surface area contributed by atoms with Gasteiger partial charge in [-0.3, -0.25) is 14.6 Å². The Bertz CT molecular complexity index is 784. The van der Waals surface area contributed by atoms with Gasteiger partial charge in [0.25, 0.3) is 0 Å². The second kappa shape index (κ2) is 10.6. The normalized spacial score (nSPS) is 18.6. The van der Waals surface area contributed by atoms with Crippen molar-refractivity contribution in [2.75, 3.05) is 52.5 Å². The fraction of sp³-hybridized carbons (Fsp3) is 0.619. The molecule has 2 aliphatic heterocycles. The minimum Gasteiger partial charge on any atom is -0.379 e. The summed E-state index contributed by atoms with van der Waals surface area (Å²) >= 11 is 0. The van der Waals surface area contributed by atoms with E-state index in [0.29, 0.717) is 13.0 Å². The molecular formula is C21H31N7O2. The molecule has 0 bridgehead atoms. The molecule has 3 heterocycles. The highest BCUT2D eigenvalue weighted by Crippen LogP contribution is 2.11. The Hall–Kier alpha value is -2.36. The van der Waals surface area contributed by atoms with Crippen LogP contribution in [0, 0.1) is 0 Å². The molecule has 0 aliphatic carbocycles. The second-order valence-electron chi connectivity index (χ2n) is 7.95. The van der Waals surface area contributed by atoms with Crippen LogP contribution in [0.3, 0.4) is 0 Å². The summed E-state index contributed by atoms with van der Waals surface area (Å²) in [4.78, 5) is 19.3. The lowest BCUT2D eigenvalue weighted by atomic mass is 10.2. The predicted molar refractivity (Wildman–Crippen MR) is 111 cm³/mol. The first-order valence-corrected chi connectivity index (χ1v) is 10.9. The van der Waals surface area contributed by atoms with E-state index in [1.54, 1.807) is 0 Å². The largest absolute Gasteiger partial charge is 0.379 e. The number of hydrogen-bond acceptors (Lipinski definition) is 7. The molecule has 162 valence electrons. The molecule has 0 radical (unpaired) electrons. The van der Waals surface area contributed by atoms with E-state index in [9.17, 15) is 4.79 Å². The molecule has 4 rings (SSSR count). The molecule has 0 unspecified atom stereocenters. The molecule has 0 N–H and O–H groups in total. The number of piperazine rings is 1. The third-order valence-corrected chi connectivity index (χ3v) is 5.81. The third-order valence-electron chi connectivity index (χ3n) is 5.81. The number of rotatable bonds is 8. The number of carbonyl (C=O) groups is 1. The molecule has 1 aromatic carbocycles. The first-order chi connectivity index (χ1) is 14.8. The monoisotopic (exact) mass is 413 g/mol. The summed E-state index contributed by atoms with van der Waals surface area (Å²) in [5, 5.41) is 12.1. The van der Waals surface area contributed by atoms with Crippen molar-refractivity contribution in [2.45, 2.75) is 32.5 Å². The number of amides is 1. The lowest BCUT2D eigenvalue weighted by Gasteiger charge is -2.34. The van der Waals surface area contributed by atoms with Crippen LogP contribution in [-0.4, -0.2) is 93.3 Å². The predicted octanol–water partition coefficient (Wildman–Crippen LogP) is 0.630. The van der Waals surface area contributed by atoms with E-state index < -0.39 is 0 Å². The fourth-order valence-electron chi connectivity index (χ4n) is 4.00. The maximum atomic E-state index is 12.6. The van der Waals surface area contributed by atoms with Gasteiger partial charge < -0.3 is 9.64 Å². The van der Waals surface area contributed by atoms with Gasteiger partial charge in [0.15, 0.2) is 5.82 Å². The summed E-state index contributed by atoms with van der Waals surface area (Å²) in [5.41, 5.74) is 1.33. The number of aryl methyl sites for hydroxylation is 1. The SMILES string of the molecule is O=C(CCCn1nnnc1CN1CCOCC1)N1CCN(Cc2ccccc2)CC1. The van der Waals surface area contributed by atoms with Crippen LogP contribution >= 0.6 is 0 Å². The van der Waals surface area contributed by atoms with Crippen molar-refractivity contribution in [1.29, 1.82) is 0 Å². The molecule has 2 aliphatic rings. The molecule has 9 heteroatoms. The smallest absolute Gasteiger partial charge is 0.222 e. The molecule has 1 amide bonds. The van der Waals surface area contributed by atoms with Crippen LogP contribution in [-0.2, 0) is 29.2 Å². The fourth-order valence-corrected chi connectivity index (χ4v) is 4.00. The van der Waals surface area contributed by atoms with E-state index in [0.717, 1.165) is 77.8 Å². The summed E-state index contributed by atoms with van der Waals surface area (Å²) in [7, 11) is 0. The number of tetrazole rings is 1. The molecule has 2 fully saturated rings. The van der Waals surface area contributed by atoms with Gasteiger partial charge in [-0.05, 0) is 22.4 Å². The standard InChI is InChI=1S/C21H31N7O2/c29-21(27-11-9-25(10-12-27)17-19-5-2-1-3-6-19)7-4-8-28-20(22-23-24-28)18-26-13-15-30-16-14-26/h1-3,5-6H,4,7-18H2. The van der Waals surface area contributed by atoms with E-state index in [-0.39, 0.29) is 5.91 Å². The van der Waals surface area contributed by atoms with Crippen LogP contribution in [0.1, 0.15) is 24.2 Å². The van der Waals surface area contributed by atoms with Gasteiger partial charge >= 0.3 is 0 Å². The average Bonchev–Trinajstić information content (AvgIpc) is 3.22. The zero-order chi connectivity index (χ0) is 20.6. The van der Waals surface area contributed by atoms with Crippen molar-refractivity contribution in [2.24, 2.45) is 0 Å². The maximum absolute atomic E-state index is 12.6. The van der Waals surface area contributed by atoms with E-state index in [1.165, 1.54) is 5.56 Å². The number of morpholine rings is 1. The molecule has 9 nitrogen and oxygen atoms in total. The Balaban J connectivity index is 1.17. The molecule has 2 saturated heterocycles. The highest BCUT2D eigenvalue weighted by Gasteiger charge is 2.21. The van der Waals surface area contributed by atoms with Crippen LogP contribution in [0.15, 0.2) is 30.3 Å². The van der Waals surface area contributed by atoms with Crippen LogP contribution in [0.4, 0.5) is 0 Å². The van der Waals surface area contributed by atoms with Gasteiger partial charge in [-0.2, -0.15) is 0 Å². The zero-order valence-electron chi connectivity index (χ0n) is 17.5. The van der Waals surface area contributed by atoms with Gasteiger partial charge in [0, 0.05) is 58.8 Å².